The molecule has 0 unspecified atom stereocenters. The van der Waals surface area contributed by atoms with E-state index in [2.05, 4.69) is 27.9 Å². The molecule has 0 radical (unpaired) electrons. The molecule has 0 saturated heterocycles. The Morgan fingerprint density at radius 2 is 1.75 bits per heavy atom. The molecule has 104 valence electrons. The predicted molar refractivity (Wildman–Crippen MR) is 83.5 cm³/mol. The highest BCUT2D eigenvalue weighted by molar-refractivity contribution is 14.1. The van der Waals surface area contributed by atoms with Gasteiger partial charge in [-0.25, -0.2) is 8.78 Å². The van der Waals surface area contributed by atoms with Gasteiger partial charge in [0.25, 0.3) is 5.91 Å². The molecule has 2 aromatic rings. The molecule has 1 amide bonds. The van der Waals surface area contributed by atoms with Gasteiger partial charge >= 0.3 is 0 Å². The first-order valence-corrected chi connectivity index (χ1v) is 7.13. The molecule has 0 heterocycles. The van der Waals surface area contributed by atoms with Gasteiger partial charge in [-0.2, -0.15) is 0 Å². The highest BCUT2D eigenvalue weighted by Crippen LogP contribution is 2.25. The van der Waals surface area contributed by atoms with E-state index in [0.29, 0.717) is 10.7 Å². The average Bonchev–Trinajstić information content (AvgIpc) is 2.37. The topological polar surface area (TPSA) is 29.1 Å². The van der Waals surface area contributed by atoms with E-state index in [1.807, 2.05) is 0 Å². The second-order valence-electron chi connectivity index (χ2n) is 3.82. The lowest BCUT2D eigenvalue weighted by atomic mass is 10.2. The Morgan fingerprint density at radius 3 is 2.40 bits per heavy atom. The Kier molecular flexibility index (Phi) is 4.82. The van der Waals surface area contributed by atoms with E-state index < -0.39 is 23.1 Å². The predicted octanol–water partition coefficient (Wildman–Crippen LogP) is 5.13. The molecule has 1 N–H and O–H groups in total. The van der Waals surface area contributed by atoms with Gasteiger partial charge in [0.15, 0.2) is 0 Å². The first-order valence-electron chi connectivity index (χ1n) is 5.29. The molecule has 7 heteroatoms. The number of hydrogen-bond donors (Lipinski definition) is 1. The molecule has 0 aromatic heterocycles. The zero-order valence-electron chi connectivity index (χ0n) is 9.68. The third-order valence-corrected chi connectivity index (χ3v) is 3.71. The van der Waals surface area contributed by atoms with Crippen molar-refractivity contribution in [1.29, 1.82) is 0 Å². The number of rotatable bonds is 2. The van der Waals surface area contributed by atoms with Crippen molar-refractivity contribution in [1.82, 2.24) is 0 Å². The molecular formula is C13H6Cl2F2INO. The fourth-order valence-corrected chi connectivity index (χ4v) is 2.53. The van der Waals surface area contributed by atoms with Crippen molar-refractivity contribution in [3.8, 4) is 0 Å². The van der Waals surface area contributed by atoms with E-state index in [1.54, 1.807) is 18.2 Å². The maximum absolute atomic E-state index is 13.6. The standard InChI is InChI=1S/C13H6Cl2F2INO/c14-8-5-10(16)7(4-11(8)17)13(20)19-12-2-1-6(18)3-9(12)15/h1-5H,(H,19,20). The maximum atomic E-state index is 13.6. The summed E-state index contributed by atoms with van der Waals surface area (Å²) < 4.78 is 27.8. The summed E-state index contributed by atoms with van der Waals surface area (Å²) in [5.41, 5.74) is -0.131. The second kappa shape index (κ2) is 6.24. The summed E-state index contributed by atoms with van der Waals surface area (Å²) in [5, 5.41) is 2.34. The molecule has 2 aromatic carbocycles. The van der Waals surface area contributed by atoms with Gasteiger partial charge in [-0.15, -0.1) is 0 Å². The van der Waals surface area contributed by atoms with E-state index in [0.717, 1.165) is 15.7 Å². The van der Waals surface area contributed by atoms with Crippen molar-refractivity contribution in [3.63, 3.8) is 0 Å². The Labute approximate surface area is 137 Å². The summed E-state index contributed by atoms with van der Waals surface area (Å²) in [5.74, 6) is -2.58. The highest BCUT2D eigenvalue weighted by atomic mass is 127. The van der Waals surface area contributed by atoms with E-state index in [1.165, 1.54) is 0 Å². The zero-order valence-corrected chi connectivity index (χ0v) is 13.4. The van der Waals surface area contributed by atoms with E-state index >= 15 is 0 Å². The van der Waals surface area contributed by atoms with Gasteiger partial charge < -0.3 is 5.32 Å². The van der Waals surface area contributed by atoms with Crippen LogP contribution in [0.25, 0.3) is 0 Å². The third kappa shape index (κ3) is 3.39. The van der Waals surface area contributed by atoms with Crippen LogP contribution in [0.4, 0.5) is 14.5 Å². The average molecular weight is 428 g/mol. The van der Waals surface area contributed by atoms with Crippen LogP contribution in [0, 0.1) is 15.2 Å². The van der Waals surface area contributed by atoms with Crippen LogP contribution >= 0.6 is 45.8 Å². The van der Waals surface area contributed by atoms with Gasteiger partial charge in [0.05, 0.1) is 21.3 Å². The van der Waals surface area contributed by atoms with Crippen LogP contribution in [0.5, 0.6) is 0 Å². The fourth-order valence-electron chi connectivity index (χ4n) is 1.48. The maximum Gasteiger partial charge on any atom is 0.258 e. The molecule has 0 atom stereocenters. The van der Waals surface area contributed by atoms with E-state index in [4.69, 9.17) is 23.2 Å². The van der Waals surface area contributed by atoms with Crippen molar-refractivity contribution in [2.75, 3.05) is 5.32 Å². The molecule has 20 heavy (non-hydrogen) atoms. The number of nitrogens with one attached hydrogen (secondary N) is 1. The molecule has 0 aliphatic carbocycles. The van der Waals surface area contributed by atoms with Gasteiger partial charge in [-0.3, -0.25) is 4.79 Å². The Balaban J connectivity index is 2.31. The van der Waals surface area contributed by atoms with Gasteiger partial charge in [-0.1, -0.05) is 23.2 Å². The van der Waals surface area contributed by atoms with Crippen LogP contribution in [0.3, 0.4) is 0 Å². The van der Waals surface area contributed by atoms with Crippen molar-refractivity contribution in [3.05, 3.63) is 61.1 Å². The minimum atomic E-state index is -0.907. The van der Waals surface area contributed by atoms with Gasteiger partial charge in [0.1, 0.15) is 11.6 Å². The number of amides is 1. The van der Waals surface area contributed by atoms with E-state index in [9.17, 15) is 13.6 Å². The van der Waals surface area contributed by atoms with Crippen LogP contribution in [-0.4, -0.2) is 5.91 Å². The van der Waals surface area contributed by atoms with E-state index in [-0.39, 0.29) is 5.02 Å². The van der Waals surface area contributed by atoms with Crippen molar-refractivity contribution in [2.45, 2.75) is 0 Å². The van der Waals surface area contributed by atoms with Gasteiger partial charge in [0.2, 0.25) is 0 Å². The molecule has 2 nitrogen and oxygen atoms in total. The normalized spacial score (nSPS) is 10.4. The molecule has 0 aliphatic rings. The van der Waals surface area contributed by atoms with Gasteiger partial charge in [-0.05, 0) is 52.9 Å². The first-order chi connectivity index (χ1) is 9.38. The van der Waals surface area contributed by atoms with Crippen LogP contribution < -0.4 is 5.32 Å². The number of anilines is 1. The summed E-state index contributed by atoms with van der Waals surface area (Å²) in [6.45, 7) is 0. The number of carbonyl (C=O) groups excluding carboxylic acids is 1. The number of benzene rings is 2. The lowest BCUT2D eigenvalue weighted by Gasteiger charge is -2.09. The molecule has 0 spiro atoms. The molecule has 0 fully saturated rings. The monoisotopic (exact) mass is 427 g/mol. The fraction of sp³-hybridized carbons (Fsp3) is 0. The highest BCUT2D eigenvalue weighted by Gasteiger charge is 2.16. The number of carbonyl (C=O) groups is 1. The minimum Gasteiger partial charge on any atom is -0.321 e. The van der Waals surface area contributed by atoms with Crippen LogP contribution in [0.2, 0.25) is 10.0 Å². The van der Waals surface area contributed by atoms with Crippen LogP contribution in [0.15, 0.2) is 30.3 Å². The Morgan fingerprint density at radius 1 is 1.05 bits per heavy atom. The zero-order chi connectivity index (χ0) is 14.9. The van der Waals surface area contributed by atoms with Crippen LogP contribution in [0.1, 0.15) is 10.4 Å². The smallest absolute Gasteiger partial charge is 0.258 e. The number of halogens is 5. The molecule has 0 aliphatic heterocycles. The molecule has 0 bridgehead atoms. The lowest BCUT2D eigenvalue weighted by Crippen LogP contribution is -2.14. The summed E-state index contributed by atoms with van der Waals surface area (Å²) >= 11 is 13.4. The Bertz CT molecular complexity index is 694. The second-order valence-corrected chi connectivity index (χ2v) is 5.88. The van der Waals surface area contributed by atoms with Crippen molar-refractivity contribution >= 4 is 57.4 Å². The molecular weight excluding hydrogens is 422 g/mol. The minimum absolute atomic E-state index is 0.306. The van der Waals surface area contributed by atoms with Crippen molar-refractivity contribution in [2.24, 2.45) is 0 Å². The quantitative estimate of drug-likeness (QED) is 0.522. The lowest BCUT2D eigenvalue weighted by molar-refractivity contribution is 0.102. The van der Waals surface area contributed by atoms with Gasteiger partial charge in [0, 0.05) is 3.57 Å². The van der Waals surface area contributed by atoms with Crippen LogP contribution in [-0.2, 0) is 0 Å². The molecule has 2 rings (SSSR count). The SMILES string of the molecule is O=C(Nc1ccc(I)cc1Cl)c1cc(F)c(Cl)cc1F. The summed E-state index contributed by atoms with van der Waals surface area (Å²) in [7, 11) is 0. The largest absolute Gasteiger partial charge is 0.321 e. The number of hydrogen-bond acceptors (Lipinski definition) is 1. The van der Waals surface area contributed by atoms with Crippen molar-refractivity contribution < 1.29 is 13.6 Å². The first kappa shape index (κ1) is 15.5. The Hall–Kier alpha value is -0.920. The molecule has 0 saturated carbocycles. The summed E-state index contributed by atoms with van der Waals surface area (Å²) in [6, 6.07) is 6.43. The summed E-state index contributed by atoms with van der Waals surface area (Å²) in [6.07, 6.45) is 0. The summed E-state index contributed by atoms with van der Waals surface area (Å²) in [4.78, 5) is 11.9. The third-order valence-electron chi connectivity index (χ3n) is 2.43.